The van der Waals surface area contributed by atoms with Crippen molar-refractivity contribution in [2.24, 2.45) is 11.8 Å². The maximum absolute atomic E-state index is 12.6. The maximum atomic E-state index is 12.6. The first-order valence-electron chi connectivity index (χ1n) is 7.15. The summed E-state index contributed by atoms with van der Waals surface area (Å²) in [6, 6.07) is 3.63. The number of benzene rings is 1. The summed E-state index contributed by atoms with van der Waals surface area (Å²) in [7, 11) is 0. The monoisotopic (exact) mass is 286 g/mol. The van der Waals surface area contributed by atoms with Gasteiger partial charge in [-0.2, -0.15) is 13.2 Å². The largest absolute Gasteiger partial charge is 0.416 e. The van der Waals surface area contributed by atoms with E-state index in [1.807, 2.05) is 0 Å². The van der Waals surface area contributed by atoms with Crippen molar-refractivity contribution in [2.75, 3.05) is 0 Å². The molecular weight excluding hydrogens is 265 g/mol. The molecule has 1 atom stereocenters. The average Bonchev–Trinajstić information content (AvgIpc) is 2.37. The molecule has 1 aromatic rings. The Morgan fingerprint density at radius 2 is 1.75 bits per heavy atom. The predicted octanol–water partition coefficient (Wildman–Crippen LogP) is 4.87. The molecule has 0 bridgehead atoms. The van der Waals surface area contributed by atoms with E-state index in [1.165, 1.54) is 6.07 Å². The van der Waals surface area contributed by atoms with Gasteiger partial charge in [0.05, 0.1) is 11.7 Å². The van der Waals surface area contributed by atoms with Gasteiger partial charge >= 0.3 is 6.18 Å². The normalized spacial score (nSPS) is 25.5. The van der Waals surface area contributed by atoms with Crippen molar-refractivity contribution >= 4 is 0 Å². The van der Waals surface area contributed by atoms with Gasteiger partial charge in [0.15, 0.2) is 0 Å². The molecule has 1 aliphatic rings. The quantitative estimate of drug-likeness (QED) is 0.822. The van der Waals surface area contributed by atoms with Gasteiger partial charge in [-0.1, -0.05) is 25.8 Å². The lowest BCUT2D eigenvalue weighted by molar-refractivity contribution is -0.137. The summed E-state index contributed by atoms with van der Waals surface area (Å²) in [6.45, 7) is 3.84. The minimum Gasteiger partial charge on any atom is -0.388 e. The van der Waals surface area contributed by atoms with Crippen LogP contribution >= 0.6 is 0 Å². The van der Waals surface area contributed by atoms with E-state index in [4.69, 9.17) is 0 Å². The smallest absolute Gasteiger partial charge is 0.388 e. The van der Waals surface area contributed by atoms with Gasteiger partial charge in [-0.25, -0.2) is 0 Å². The van der Waals surface area contributed by atoms with Crippen LogP contribution < -0.4 is 0 Å². The molecule has 1 fully saturated rings. The predicted molar refractivity (Wildman–Crippen MR) is 72.3 cm³/mol. The highest BCUT2D eigenvalue weighted by molar-refractivity contribution is 5.34. The van der Waals surface area contributed by atoms with Crippen LogP contribution in [0.5, 0.6) is 0 Å². The van der Waals surface area contributed by atoms with Gasteiger partial charge in [0.25, 0.3) is 0 Å². The molecule has 1 N–H and O–H groups in total. The van der Waals surface area contributed by atoms with Gasteiger partial charge in [0, 0.05) is 0 Å². The van der Waals surface area contributed by atoms with Gasteiger partial charge in [-0.05, 0) is 54.9 Å². The van der Waals surface area contributed by atoms with Gasteiger partial charge in [0.2, 0.25) is 0 Å². The third-order valence-electron chi connectivity index (χ3n) is 4.42. The molecule has 112 valence electrons. The molecule has 0 aromatic heterocycles. The fourth-order valence-corrected chi connectivity index (χ4v) is 3.04. The Balaban J connectivity index is 2.16. The molecule has 4 heteroatoms. The number of aliphatic hydroxyl groups is 1. The van der Waals surface area contributed by atoms with Gasteiger partial charge in [0.1, 0.15) is 0 Å². The molecule has 1 aromatic carbocycles. The molecular formula is C16H21F3O. The second kappa shape index (κ2) is 5.76. The lowest BCUT2D eigenvalue weighted by Gasteiger charge is -2.30. The number of rotatable bonds is 2. The molecule has 1 nitrogen and oxygen atoms in total. The molecule has 20 heavy (non-hydrogen) atoms. The topological polar surface area (TPSA) is 20.2 Å². The number of aliphatic hydroxyl groups excluding tert-OH is 1. The molecule has 2 rings (SSSR count). The summed E-state index contributed by atoms with van der Waals surface area (Å²) < 4.78 is 37.9. The van der Waals surface area contributed by atoms with Crippen LogP contribution in [0.15, 0.2) is 18.2 Å². The number of halogens is 3. The van der Waals surface area contributed by atoms with Crippen LogP contribution in [-0.2, 0) is 6.18 Å². The first-order valence-corrected chi connectivity index (χ1v) is 7.15. The van der Waals surface area contributed by atoms with E-state index in [9.17, 15) is 18.3 Å². The van der Waals surface area contributed by atoms with Gasteiger partial charge in [-0.15, -0.1) is 0 Å². The van der Waals surface area contributed by atoms with E-state index in [1.54, 1.807) is 6.92 Å². The summed E-state index contributed by atoms with van der Waals surface area (Å²) >= 11 is 0. The van der Waals surface area contributed by atoms with E-state index < -0.39 is 17.8 Å². The van der Waals surface area contributed by atoms with Crippen LogP contribution in [0.1, 0.15) is 55.4 Å². The first-order chi connectivity index (χ1) is 9.29. The molecule has 0 amide bonds. The van der Waals surface area contributed by atoms with E-state index in [-0.39, 0.29) is 5.92 Å². The fraction of sp³-hybridized carbons (Fsp3) is 0.625. The second-order valence-electron chi connectivity index (χ2n) is 6.03. The summed E-state index contributed by atoms with van der Waals surface area (Å²) in [6.07, 6.45) is -0.909. The molecule has 1 saturated carbocycles. The van der Waals surface area contributed by atoms with Crippen molar-refractivity contribution < 1.29 is 18.3 Å². The van der Waals surface area contributed by atoms with Crippen molar-refractivity contribution in [2.45, 2.75) is 51.8 Å². The SMILES string of the molecule is Cc1cc(C(F)(F)F)ccc1C(O)C1CCC(C)CC1. The molecule has 1 aliphatic carbocycles. The Hall–Kier alpha value is -1.03. The van der Waals surface area contributed by atoms with Crippen molar-refractivity contribution in [1.82, 2.24) is 0 Å². The third kappa shape index (κ3) is 3.35. The van der Waals surface area contributed by atoms with Crippen molar-refractivity contribution in [1.29, 1.82) is 0 Å². The molecule has 0 saturated heterocycles. The Bertz CT molecular complexity index is 459. The minimum absolute atomic E-state index is 0.168. The summed E-state index contributed by atoms with van der Waals surface area (Å²) in [4.78, 5) is 0. The van der Waals surface area contributed by atoms with Crippen molar-refractivity contribution in [3.05, 3.63) is 34.9 Å². The molecule has 0 heterocycles. The highest BCUT2D eigenvalue weighted by Gasteiger charge is 2.32. The Kier molecular flexibility index (Phi) is 4.43. The van der Waals surface area contributed by atoms with Crippen molar-refractivity contribution in [3.8, 4) is 0 Å². The van der Waals surface area contributed by atoms with E-state index in [2.05, 4.69) is 6.92 Å². The van der Waals surface area contributed by atoms with Crippen LogP contribution in [0, 0.1) is 18.8 Å². The standard InChI is InChI=1S/C16H21F3O/c1-10-3-5-12(6-4-10)15(20)14-8-7-13(9-11(14)2)16(17,18)19/h7-10,12,15,20H,3-6H2,1-2H3. The van der Waals surface area contributed by atoms with Crippen LogP contribution in [0.25, 0.3) is 0 Å². The lowest BCUT2D eigenvalue weighted by Crippen LogP contribution is -2.20. The average molecular weight is 286 g/mol. The molecule has 0 aliphatic heterocycles. The second-order valence-corrected chi connectivity index (χ2v) is 6.03. The highest BCUT2D eigenvalue weighted by Crippen LogP contribution is 2.39. The number of alkyl halides is 3. The maximum Gasteiger partial charge on any atom is 0.416 e. The van der Waals surface area contributed by atoms with Crippen LogP contribution in [-0.4, -0.2) is 5.11 Å². The molecule has 0 spiro atoms. The summed E-state index contributed by atoms with van der Waals surface area (Å²) in [5.41, 5.74) is 0.506. The minimum atomic E-state index is -4.32. The van der Waals surface area contributed by atoms with Crippen LogP contribution in [0.3, 0.4) is 0 Å². The molecule has 0 radical (unpaired) electrons. The zero-order valence-electron chi connectivity index (χ0n) is 11.9. The highest BCUT2D eigenvalue weighted by atomic mass is 19.4. The Morgan fingerprint density at radius 3 is 2.25 bits per heavy atom. The number of hydrogen-bond acceptors (Lipinski definition) is 1. The van der Waals surface area contributed by atoms with Crippen molar-refractivity contribution in [3.63, 3.8) is 0 Å². The Labute approximate surface area is 117 Å². The first kappa shape index (κ1) is 15.4. The van der Waals surface area contributed by atoms with E-state index in [0.717, 1.165) is 37.8 Å². The van der Waals surface area contributed by atoms with Crippen LogP contribution in [0.2, 0.25) is 0 Å². The summed E-state index contributed by atoms with van der Waals surface area (Å²) in [5, 5.41) is 10.4. The van der Waals surface area contributed by atoms with Crippen LogP contribution in [0.4, 0.5) is 13.2 Å². The Morgan fingerprint density at radius 1 is 1.15 bits per heavy atom. The van der Waals surface area contributed by atoms with Gasteiger partial charge < -0.3 is 5.11 Å². The zero-order chi connectivity index (χ0) is 14.9. The number of hydrogen-bond donors (Lipinski definition) is 1. The fourth-order valence-electron chi connectivity index (χ4n) is 3.04. The zero-order valence-corrected chi connectivity index (χ0v) is 11.9. The van der Waals surface area contributed by atoms with Gasteiger partial charge in [-0.3, -0.25) is 0 Å². The lowest BCUT2D eigenvalue weighted by atomic mass is 9.78. The van der Waals surface area contributed by atoms with E-state index >= 15 is 0 Å². The third-order valence-corrected chi connectivity index (χ3v) is 4.42. The molecule has 1 unspecified atom stereocenters. The number of aryl methyl sites for hydroxylation is 1. The van der Waals surface area contributed by atoms with E-state index in [0.29, 0.717) is 17.0 Å². The summed E-state index contributed by atoms with van der Waals surface area (Å²) in [5.74, 6) is 0.855.